The smallest absolute Gasteiger partial charge is 0.336 e. The molecule has 0 saturated carbocycles. The highest BCUT2D eigenvalue weighted by atomic mass is 79.9. The summed E-state index contributed by atoms with van der Waals surface area (Å²) >= 11 is 6.23. The lowest BCUT2D eigenvalue weighted by molar-refractivity contribution is 0.0695. The van der Waals surface area contributed by atoms with Gasteiger partial charge in [0.05, 0.1) is 5.56 Å². The van der Waals surface area contributed by atoms with Gasteiger partial charge in [-0.15, -0.1) is 11.3 Å². The van der Waals surface area contributed by atoms with Gasteiger partial charge in [-0.25, -0.2) is 14.8 Å². The fraction of sp³-hybridized carbons (Fsp3) is 0. The van der Waals surface area contributed by atoms with Crippen LogP contribution in [-0.4, -0.2) is 21.0 Å². The van der Waals surface area contributed by atoms with E-state index in [4.69, 9.17) is 5.11 Å². The third kappa shape index (κ3) is 2.56. The number of fused-ring (bicyclic) bond motifs is 1. The van der Waals surface area contributed by atoms with Crippen LogP contribution in [0.2, 0.25) is 0 Å². The molecule has 3 aromatic rings. The van der Waals surface area contributed by atoms with Crippen molar-refractivity contribution in [3.63, 3.8) is 0 Å². The first-order valence-corrected chi connectivity index (χ1v) is 8.03. The molecule has 4 nitrogen and oxygen atoms in total. The topological polar surface area (TPSA) is 63.1 Å². The number of thiophene rings is 1. The van der Waals surface area contributed by atoms with E-state index in [1.54, 1.807) is 23.5 Å². The zero-order valence-electron chi connectivity index (χ0n) is 9.91. The summed E-state index contributed by atoms with van der Waals surface area (Å²) in [5.41, 5.74) is 0.241. The van der Waals surface area contributed by atoms with Crippen LogP contribution in [0, 0.1) is 0 Å². The van der Waals surface area contributed by atoms with Crippen LogP contribution in [0.1, 0.15) is 10.4 Å². The van der Waals surface area contributed by atoms with Gasteiger partial charge in [-0.05, 0) is 45.6 Å². The number of carbonyl (C=O) groups is 1. The van der Waals surface area contributed by atoms with Crippen LogP contribution in [0.4, 0.5) is 0 Å². The summed E-state index contributed by atoms with van der Waals surface area (Å²) in [5, 5.41) is 12.9. The highest BCUT2D eigenvalue weighted by molar-refractivity contribution is 9.10. The molecule has 100 valence electrons. The second-order valence-corrected chi connectivity index (χ2v) is 6.68. The summed E-state index contributed by atoms with van der Waals surface area (Å²) in [7, 11) is 0. The Kier molecular flexibility index (Phi) is 3.73. The van der Waals surface area contributed by atoms with Gasteiger partial charge in [0.2, 0.25) is 0 Å². The molecule has 2 aromatic heterocycles. The van der Waals surface area contributed by atoms with E-state index < -0.39 is 5.97 Å². The molecular weight excluding hydrogens is 360 g/mol. The number of carboxylic acid groups (broad SMARTS) is 1. The van der Waals surface area contributed by atoms with Crippen LogP contribution in [0.3, 0.4) is 0 Å². The number of carboxylic acids is 1. The number of nitrogens with zero attached hydrogens (tertiary/aromatic N) is 2. The van der Waals surface area contributed by atoms with Crippen molar-refractivity contribution < 1.29 is 9.90 Å². The zero-order valence-corrected chi connectivity index (χ0v) is 13.1. The van der Waals surface area contributed by atoms with Crippen LogP contribution < -0.4 is 0 Å². The average molecular weight is 367 g/mol. The largest absolute Gasteiger partial charge is 0.478 e. The summed E-state index contributed by atoms with van der Waals surface area (Å²) in [6, 6.07) is 7.20. The number of aromatic nitrogens is 2. The number of halogens is 1. The molecule has 3 rings (SSSR count). The molecule has 0 amide bonds. The minimum Gasteiger partial charge on any atom is -0.478 e. The summed E-state index contributed by atoms with van der Waals surface area (Å²) in [5.74, 6) is -0.956. The van der Waals surface area contributed by atoms with Crippen molar-refractivity contribution in [2.24, 2.45) is 0 Å². The van der Waals surface area contributed by atoms with Crippen LogP contribution in [0.25, 0.3) is 10.2 Å². The van der Waals surface area contributed by atoms with Gasteiger partial charge < -0.3 is 5.11 Å². The van der Waals surface area contributed by atoms with E-state index >= 15 is 0 Å². The van der Waals surface area contributed by atoms with E-state index in [2.05, 4.69) is 25.9 Å². The summed E-state index contributed by atoms with van der Waals surface area (Å²) < 4.78 is 0.567. The molecule has 0 aliphatic carbocycles. The first-order valence-electron chi connectivity index (χ1n) is 5.54. The standard InChI is InChI=1S/C13H7BrN2O2S2/c14-10-2-1-7(5-9(10)13(17)18)20-12-8-3-4-19-11(8)15-6-16-12/h1-6H,(H,17,18). The van der Waals surface area contributed by atoms with E-state index in [0.717, 1.165) is 20.1 Å². The van der Waals surface area contributed by atoms with Gasteiger partial charge in [-0.3, -0.25) is 0 Å². The number of rotatable bonds is 3. The molecule has 0 fully saturated rings. The first-order chi connectivity index (χ1) is 9.65. The van der Waals surface area contributed by atoms with Gasteiger partial charge in [0.15, 0.2) is 0 Å². The van der Waals surface area contributed by atoms with Crippen LogP contribution in [0.5, 0.6) is 0 Å². The maximum atomic E-state index is 11.1. The van der Waals surface area contributed by atoms with Gasteiger partial charge >= 0.3 is 5.97 Å². The number of hydrogen-bond acceptors (Lipinski definition) is 5. The second kappa shape index (κ2) is 5.51. The second-order valence-electron chi connectivity index (χ2n) is 3.87. The van der Waals surface area contributed by atoms with Gasteiger partial charge in [0.1, 0.15) is 16.2 Å². The van der Waals surface area contributed by atoms with Crippen molar-refractivity contribution in [1.82, 2.24) is 9.97 Å². The SMILES string of the molecule is O=C(O)c1cc(Sc2ncnc3sccc23)ccc1Br. The van der Waals surface area contributed by atoms with Crippen molar-refractivity contribution in [2.45, 2.75) is 9.92 Å². The molecule has 1 N–H and O–H groups in total. The zero-order chi connectivity index (χ0) is 14.1. The maximum absolute atomic E-state index is 11.1. The van der Waals surface area contributed by atoms with Gasteiger partial charge in [-0.1, -0.05) is 11.8 Å². The van der Waals surface area contributed by atoms with Crippen LogP contribution >= 0.6 is 39.0 Å². The normalized spacial score (nSPS) is 10.8. The number of benzene rings is 1. The van der Waals surface area contributed by atoms with Crippen molar-refractivity contribution >= 4 is 55.2 Å². The Balaban J connectivity index is 2.01. The van der Waals surface area contributed by atoms with E-state index in [1.165, 1.54) is 18.1 Å². The highest BCUT2D eigenvalue weighted by Crippen LogP contribution is 2.34. The number of hydrogen-bond donors (Lipinski definition) is 1. The van der Waals surface area contributed by atoms with E-state index in [1.807, 2.05) is 17.5 Å². The lowest BCUT2D eigenvalue weighted by atomic mass is 10.2. The number of aromatic carboxylic acids is 1. The lowest BCUT2D eigenvalue weighted by Gasteiger charge is -2.05. The fourth-order valence-corrected chi connectivity index (χ4v) is 3.82. The van der Waals surface area contributed by atoms with Gasteiger partial charge in [-0.2, -0.15) is 0 Å². The van der Waals surface area contributed by atoms with Crippen molar-refractivity contribution in [1.29, 1.82) is 0 Å². The molecule has 20 heavy (non-hydrogen) atoms. The minimum atomic E-state index is -0.956. The third-order valence-electron chi connectivity index (χ3n) is 2.61. The van der Waals surface area contributed by atoms with Crippen LogP contribution in [0.15, 0.2) is 50.4 Å². The molecular formula is C13H7BrN2O2S2. The molecule has 0 radical (unpaired) electrons. The molecule has 0 bridgehead atoms. The predicted octanol–water partition coefficient (Wildman–Crippen LogP) is 4.30. The Morgan fingerprint density at radius 2 is 2.15 bits per heavy atom. The molecule has 0 saturated heterocycles. The minimum absolute atomic E-state index is 0.241. The Hall–Kier alpha value is -1.44. The molecule has 2 heterocycles. The highest BCUT2D eigenvalue weighted by Gasteiger charge is 2.11. The van der Waals surface area contributed by atoms with Crippen LogP contribution in [-0.2, 0) is 0 Å². The Morgan fingerprint density at radius 3 is 2.95 bits per heavy atom. The molecule has 0 aliphatic rings. The summed E-state index contributed by atoms with van der Waals surface area (Å²) in [4.78, 5) is 21.4. The van der Waals surface area contributed by atoms with Crippen molar-refractivity contribution in [3.8, 4) is 0 Å². The summed E-state index contributed by atoms with van der Waals surface area (Å²) in [6.07, 6.45) is 1.53. The monoisotopic (exact) mass is 366 g/mol. The van der Waals surface area contributed by atoms with Crippen molar-refractivity contribution in [2.75, 3.05) is 0 Å². The molecule has 1 aromatic carbocycles. The first kappa shape index (κ1) is 13.5. The maximum Gasteiger partial charge on any atom is 0.336 e. The Labute approximate surface area is 131 Å². The fourth-order valence-electron chi connectivity index (χ4n) is 1.69. The lowest BCUT2D eigenvalue weighted by Crippen LogP contribution is -1.97. The third-order valence-corrected chi connectivity index (χ3v) is 5.13. The molecule has 0 atom stereocenters. The van der Waals surface area contributed by atoms with E-state index in [0.29, 0.717) is 4.47 Å². The Bertz CT molecular complexity index is 804. The van der Waals surface area contributed by atoms with Gasteiger partial charge in [0.25, 0.3) is 0 Å². The van der Waals surface area contributed by atoms with Crippen molar-refractivity contribution in [3.05, 3.63) is 46.0 Å². The molecule has 0 unspecified atom stereocenters. The molecule has 0 aliphatic heterocycles. The van der Waals surface area contributed by atoms with E-state index in [-0.39, 0.29) is 5.56 Å². The molecule has 0 spiro atoms. The predicted molar refractivity (Wildman–Crippen MR) is 82.6 cm³/mol. The molecule has 7 heteroatoms. The summed E-state index contributed by atoms with van der Waals surface area (Å²) in [6.45, 7) is 0. The average Bonchev–Trinajstić information content (AvgIpc) is 2.90. The van der Waals surface area contributed by atoms with E-state index in [9.17, 15) is 4.79 Å². The quantitative estimate of drug-likeness (QED) is 0.700. The van der Waals surface area contributed by atoms with Gasteiger partial charge in [0, 0.05) is 14.8 Å². The Morgan fingerprint density at radius 1 is 1.30 bits per heavy atom.